The van der Waals surface area contributed by atoms with Gasteiger partial charge in [0.25, 0.3) is 0 Å². The van der Waals surface area contributed by atoms with E-state index in [2.05, 4.69) is 60.6 Å². The molecule has 2 aromatic rings. The minimum Gasteiger partial charge on any atom is -0.472 e. The summed E-state index contributed by atoms with van der Waals surface area (Å²) in [4.78, 5) is 28.2. The molecule has 47 heavy (non-hydrogen) atoms. The number of fused-ring (bicyclic) bond motifs is 7. The highest BCUT2D eigenvalue weighted by Crippen LogP contribution is 2.77. The Morgan fingerprint density at radius 2 is 1.66 bits per heavy atom. The molecule has 5 nitrogen and oxygen atoms in total. The SMILES string of the molecule is CC1(C)CCC2(C(=O)OCc3ccccc3)CCC3(C)C(=C(c4ccoc4)CC4C5(C)CC(C#N)C(=O)C(C)(C)C5CCC43C)C2C1. The zero-order valence-electron chi connectivity index (χ0n) is 29.6. The minimum atomic E-state index is -0.568. The molecule has 0 radical (unpaired) electrons. The zero-order valence-corrected chi connectivity index (χ0v) is 29.6. The molecule has 8 atom stereocenters. The molecule has 5 aliphatic rings. The fourth-order valence-corrected chi connectivity index (χ4v) is 12.4. The number of carbonyl (C=O) groups excluding carboxylic acids is 2. The van der Waals surface area contributed by atoms with Crippen LogP contribution >= 0.6 is 0 Å². The third-order valence-electron chi connectivity index (χ3n) is 15.1. The lowest BCUT2D eigenvalue weighted by Crippen LogP contribution is -2.66. The number of hydrogen-bond acceptors (Lipinski definition) is 5. The number of furan rings is 1. The largest absolute Gasteiger partial charge is 0.472 e. The lowest BCUT2D eigenvalue weighted by Gasteiger charge is -2.71. The molecular formula is C42H53NO4. The van der Waals surface area contributed by atoms with Crippen LogP contribution in [-0.4, -0.2) is 11.8 Å². The van der Waals surface area contributed by atoms with E-state index in [4.69, 9.17) is 9.15 Å². The van der Waals surface area contributed by atoms with E-state index in [-0.39, 0.29) is 45.2 Å². The van der Waals surface area contributed by atoms with Crippen LogP contribution in [-0.2, 0) is 20.9 Å². The summed E-state index contributed by atoms with van der Waals surface area (Å²) in [6, 6.07) is 14.6. The van der Waals surface area contributed by atoms with Gasteiger partial charge in [-0.05, 0) is 114 Å². The van der Waals surface area contributed by atoms with E-state index < -0.39 is 16.7 Å². The van der Waals surface area contributed by atoms with E-state index in [0.717, 1.165) is 62.5 Å². The molecule has 1 aromatic carbocycles. The fourth-order valence-electron chi connectivity index (χ4n) is 12.4. The Morgan fingerprint density at radius 1 is 0.936 bits per heavy atom. The summed E-state index contributed by atoms with van der Waals surface area (Å²) in [5.41, 5.74) is 3.63. The van der Waals surface area contributed by atoms with E-state index >= 15 is 0 Å². The monoisotopic (exact) mass is 635 g/mol. The van der Waals surface area contributed by atoms with Gasteiger partial charge in [-0.25, -0.2) is 0 Å². The van der Waals surface area contributed by atoms with Crippen LogP contribution < -0.4 is 0 Å². The number of esters is 1. The third-order valence-corrected chi connectivity index (χ3v) is 15.1. The first-order chi connectivity index (χ1) is 22.1. The molecule has 1 aromatic heterocycles. The maximum absolute atomic E-state index is 14.6. The Bertz CT molecular complexity index is 1640. The standard InChI is InChI=1S/C42H53NO4/c1-37(2)16-18-42(36(45)47-25-27-11-9-8-10-12-27)19-17-41(7)34(31(42)23-37)30(28-14-20-46-26-28)21-33-39(5)22-29(24-43)35(44)38(3,4)32(39)13-15-40(33,41)6/h8-12,14,20,26,29,31-33H,13,15-19,21-23,25H2,1-7H3. The Kier molecular flexibility index (Phi) is 7.37. The Morgan fingerprint density at radius 3 is 2.34 bits per heavy atom. The van der Waals surface area contributed by atoms with Crippen LogP contribution in [0.25, 0.3) is 5.57 Å². The second-order valence-corrected chi connectivity index (χ2v) is 18.1. The molecule has 0 saturated heterocycles. The first-order valence-corrected chi connectivity index (χ1v) is 18.0. The lowest BCUT2D eigenvalue weighted by molar-refractivity contribution is -0.193. The summed E-state index contributed by atoms with van der Waals surface area (Å²) < 4.78 is 12.0. The quantitative estimate of drug-likeness (QED) is 0.312. The average Bonchev–Trinajstić information content (AvgIpc) is 3.57. The first-order valence-electron chi connectivity index (χ1n) is 18.0. The molecule has 0 N–H and O–H groups in total. The molecule has 1 heterocycles. The molecule has 8 unspecified atom stereocenters. The number of hydrogen-bond donors (Lipinski definition) is 0. The number of allylic oxidation sites excluding steroid dienone is 2. The van der Waals surface area contributed by atoms with Crippen molar-refractivity contribution in [2.75, 3.05) is 0 Å². The molecule has 250 valence electrons. The summed E-state index contributed by atoms with van der Waals surface area (Å²) in [5, 5.41) is 10.2. The number of nitrogens with zero attached hydrogens (tertiary/aromatic N) is 1. The smallest absolute Gasteiger partial charge is 0.313 e. The number of benzene rings is 1. The summed E-state index contributed by atoms with van der Waals surface area (Å²) >= 11 is 0. The highest BCUT2D eigenvalue weighted by atomic mass is 16.5. The maximum Gasteiger partial charge on any atom is 0.313 e. The number of rotatable bonds is 4. The normalized spacial score (nSPS) is 40.3. The van der Waals surface area contributed by atoms with Crippen molar-refractivity contribution in [3.05, 3.63) is 65.6 Å². The predicted molar refractivity (Wildman–Crippen MR) is 182 cm³/mol. The van der Waals surface area contributed by atoms with E-state index in [9.17, 15) is 14.9 Å². The maximum atomic E-state index is 14.6. The number of ketones is 1. The van der Waals surface area contributed by atoms with Gasteiger partial charge in [0.2, 0.25) is 0 Å². The van der Waals surface area contributed by atoms with Crippen LogP contribution in [0.15, 0.2) is 58.9 Å². The van der Waals surface area contributed by atoms with Gasteiger partial charge >= 0.3 is 5.97 Å². The second kappa shape index (κ2) is 10.7. The van der Waals surface area contributed by atoms with Crippen molar-refractivity contribution in [1.29, 1.82) is 5.26 Å². The predicted octanol–water partition coefficient (Wildman–Crippen LogP) is 9.97. The van der Waals surface area contributed by atoms with Crippen molar-refractivity contribution in [3.8, 4) is 6.07 Å². The van der Waals surface area contributed by atoms with Gasteiger partial charge in [-0.1, -0.05) is 84.4 Å². The summed E-state index contributed by atoms with van der Waals surface area (Å²) in [7, 11) is 0. The zero-order chi connectivity index (χ0) is 33.6. The van der Waals surface area contributed by atoms with Gasteiger partial charge in [-0.15, -0.1) is 0 Å². The molecule has 0 spiro atoms. The Hall–Kier alpha value is -3.13. The minimum absolute atomic E-state index is 0.0321. The number of Topliss-reactive ketones (excluding diaryl/α,β-unsaturated/α-hetero) is 1. The average molecular weight is 636 g/mol. The van der Waals surface area contributed by atoms with Crippen LogP contribution in [0.3, 0.4) is 0 Å². The van der Waals surface area contributed by atoms with Gasteiger partial charge in [0.05, 0.1) is 24.0 Å². The molecule has 0 aliphatic heterocycles. The van der Waals surface area contributed by atoms with Crippen molar-refractivity contribution < 1.29 is 18.7 Å². The molecule has 4 fully saturated rings. The van der Waals surface area contributed by atoms with Crippen LogP contribution in [0.5, 0.6) is 0 Å². The van der Waals surface area contributed by atoms with Crippen molar-refractivity contribution in [2.24, 2.45) is 56.2 Å². The Balaban J connectivity index is 1.38. The highest BCUT2D eigenvalue weighted by molar-refractivity contribution is 5.90. The fraction of sp³-hybridized carbons (Fsp3) is 0.643. The molecule has 4 saturated carbocycles. The molecule has 0 amide bonds. The summed E-state index contributed by atoms with van der Waals surface area (Å²) in [6.45, 7) is 16.7. The van der Waals surface area contributed by atoms with Gasteiger partial charge in [0.15, 0.2) is 5.78 Å². The van der Waals surface area contributed by atoms with Crippen molar-refractivity contribution in [1.82, 2.24) is 0 Å². The lowest BCUT2D eigenvalue weighted by atomic mass is 9.32. The van der Waals surface area contributed by atoms with Gasteiger partial charge in [-0.2, -0.15) is 5.26 Å². The van der Waals surface area contributed by atoms with Gasteiger partial charge in [0, 0.05) is 11.0 Å². The molecular weight excluding hydrogens is 582 g/mol. The second-order valence-electron chi connectivity index (χ2n) is 18.1. The van der Waals surface area contributed by atoms with Gasteiger partial charge < -0.3 is 9.15 Å². The molecule has 7 rings (SSSR count). The van der Waals surface area contributed by atoms with E-state index in [1.807, 2.05) is 36.6 Å². The first kappa shape index (κ1) is 32.4. The highest BCUT2D eigenvalue weighted by Gasteiger charge is 2.71. The Labute approximate surface area is 281 Å². The van der Waals surface area contributed by atoms with Gasteiger partial charge in [-0.3, -0.25) is 9.59 Å². The molecule has 5 heteroatoms. The topological polar surface area (TPSA) is 80.3 Å². The van der Waals surface area contributed by atoms with Crippen LogP contribution in [0.4, 0.5) is 0 Å². The van der Waals surface area contributed by atoms with Crippen molar-refractivity contribution in [3.63, 3.8) is 0 Å². The summed E-state index contributed by atoms with van der Waals surface area (Å²) in [6.07, 6.45) is 11.8. The van der Waals surface area contributed by atoms with Gasteiger partial charge in [0.1, 0.15) is 12.5 Å². The molecule has 5 aliphatic carbocycles. The van der Waals surface area contributed by atoms with Crippen LogP contribution in [0.2, 0.25) is 0 Å². The number of nitriles is 1. The van der Waals surface area contributed by atoms with Crippen molar-refractivity contribution >= 4 is 17.3 Å². The van der Waals surface area contributed by atoms with E-state index in [0.29, 0.717) is 18.9 Å². The third kappa shape index (κ3) is 4.52. The van der Waals surface area contributed by atoms with Crippen molar-refractivity contribution in [2.45, 2.75) is 113 Å². The number of ether oxygens (including phenoxy) is 1. The van der Waals surface area contributed by atoms with E-state index in [1.165, 1.54) is 11.1 Å². The number of carbonyl (C=O) groups is 2. The molecule has 0 bridgehead atoms. The van der Waals surface area contributed by atoms with Crippen LogP contribution in [0.1, 0.15) is 117 Å². The van der Waals surface area contributed by atoms with Crippen LogP contribution in [0, 0.1) is 67.5 Å². The summed E-state index contributed by atoms with van der Waals surface area (Å²) in [5.74, 6) is 0.130. The van der Waals surface area contributed by atoms with E-state index in [1.54, 1.807) is 6.26 Å².